The first-order valence-corrected chi connectivity index (χ1v) is 10.3. The molecule has 0 unspecified atom stereocenters. The van der Waals surface area contributed by atoms with Crippen molar-refractivity contribution in [2.75, 3.05) is 0 Å². The maximum atomic E-state index is 12.8. The van der Waals surface area contributed by atoms with Gasteiger partial charge in [-0.2, -0.15) is 5.10 Å². The highest BCUT2D eigenvalue weighted by Crippen LogP contribution is 2.35. The van der Waals surface area contributed by atoms with Gasteiger partial charge in [0.2, 0.25) is 0 Å². The third-order valence-electron chi connectivity index (χ3n) is 5.86. The third kappa shape index (κ3) is 3.14. The van der Waals surface area contributed by atoms with Crippen LogP contribution in [0.15, 0.2) is 78.9 Å². The summed E-state index contributed by atoms with van der Waals surface area (Å²) in [6.45, 7) is 4.03. The van der Waals surface area contributed by atoms with Gasteiger partial charge in [0.1, 0.15) is 0 Å². The molecule has 0 N–H and O–H groups in total. The van der Waals surface area contributed by atoms with Crippen LogP contribution in [-0.4, -0.2) is 20.5 Å². The number of pyridine rings is 1. The number of aryl methyl sites for hydroxylation is 1. The zero-order valence-corrected chi connectivity index (χ0v) is 17.2. The maximum Gasteiger partial charge on any atom is 0.170 e. The van der Waals surface area contributed by atoms with Gasteiger partial charge in [0, 0.05) is 16.5 Å². The van der Waals surface area contributed by atoms with Crippen molar-refractivity contribution < 1.29 is 4.79 Å². The highest BCUT2D eigenvalue weighted by Gasteiger charge is 2.35. The second kappa shape index (κ2) is 7.06. The molecule has 0 bridgehead atoms. The van der Waals surface area contributed by atoms with Crippen LogP contribution in [0.25, 0.3) is 28.3 Å². The van der Waals surface area contributed by atoms with Crippen LogP contribution in [0.3, 0.4) is 0 Å². The van der Waals surface area contributed by atoms with Gasteiger partial charge in [-0.1, -0.05) is 62.4 Å². The highest BCUT2D eigenvalue weighted by molar-refractivity contribution is 6.02. The summed E-state index contributed by atoms with van der Waals surface area (Å²) in [6.07, 6.45) is 1.63. The molecular weight excluding hydrogens is 370 g/mol. The smallest absolute Gasteiger partial charge is 0.170 e. The van der Waals surface area contributed by atoms with Crippen LogP contribution >= 0.6 is 0 Å². The molecule has 2 aromatic carbocycles. The summed E-state index contributed by atoms with van der Waals surface area (Å²) >= 11 is 0. The molecule has 4 heteroatoms. The Morgan fingerprint density at radius 2 is 1.57 bits per heavy atom. The first kappa shape index (κ1) is 18.5. The van der Waals surface area contributed by atoms with E-state index in [-0.39, 0.29) is 11.2 Å². The van der Waals surface area contributed by atoms with Crippen molar-refractivity contribution in [2.45, 2.75) is 26.7 Å². The average Bonchev–Trinajstić information content (AvgIpc) is 3.23. The van der Waals surface area contributed by atoms with Crippen molar-refractivity contribution in [2.24, 2.45) is 5.41 Å². The van der Waals surface area contributed by atoms with Crippen LogP contribution < -0.4 is 0 Å². The Labute approximate surface area is 176 Å². The molecule has 0 atom stereocenters. The largest absolute Gasteiger partial charge is 0.294 e. The molecule has 0 saturated carbocycles. The first-order valence-electron chi connectivity index (χ1n) is 10.3. The zero-order valence-electron chi connectivity index (χ0n) is 17.2. The van der Waals surface area contributed by atoms with Gasteiger partial charge >= 0.3 is 0 Å². The average molecular weight is 393 g/mol. The number of fused-ring (bicyclic) bond motifs is 1. The fourth-order valence-corrected chi connectivity index (χ4v) is 4.03. The van der Waals surface area contributed by atoms with Gasteiger partial charge < -0.3 is 0 Å². The number of Topliss-reactive ketones (excluding diaryl/α,β-unsaturated/α-hetero) is 1. The Kier molecular flexibility index (Phi) is 4.35. The summed E-state index contributed by atoms with van der Waals surface area (Å²) in [5.74, 6) is 0.185. The molecule has 5 rings (SSSR count). The molecule has 4 aromatic rings. The lowest BCUT2D eigenvalue weighted by Gasteiger charge is -2.29. The summed E-state index contributed by atoms with van der Waals surface area (Å²) in [5, 5.41) is 4.89. The fraction of sp³-hybridized carbons (Fsp3) is 0.192. The predicted molar refractivity (Wildman–Crippen MR) is 119 cm³/mol. The first-order chi connectivity index (χ1) is 14.5. The molecule has 1 aliphatic carbocycles. The lowest BCUT2D eigenvalue weighted by Crippen LogP contribution is -2.31. The summed E-state index contributed by atoms with van der Waals surface area (Å²) in [7, 11) is 0. The van der Waals surface area contributed by atoms with Gasteiger partial charge in [-0.3, -0.25) is 9.78 Å². The summed E-state index contributed by atoms with van der Waals surface area (Å²) < 4.78 is 1.94. The number of carbonyl (C=O) groups is 1. The SMILES string of the molecule is CC1(C)CCc2nc(-c3cc(-c4ccccc4)nn3-c3ccccc3)ccc2C1=O. The van der Waals surface area contributed by atoms with Crippen LogP contribution in [0.1, 0.15) is 36.3 Å². The van der Waals surface area contributed by atoms with Crippen LogP contribution in [0.4, 0.5) is 0 Å². The van der Waals surface area contributed by atoms with Crippen molar-refractivity contribution in [3.63, 3.8) is 0 Å². The standard InChI is InChI=1S/C26H23N3O/c1-26(2)16-15-21-20(25(26)30)13-14-22(27-21)24-17-23(18-9-5-3-6-10-18)28-29(24)19-11-7-4-8-12-19/h3-14,17H,15-16H2,1-2H3. The van der Waals surface area contributed by atoms with E-state index in [0.29, 0.717) is 0 Å². The molecule has 2 aromatic heterocycles. The van der Waals surface area contributed by atoms with Crippen LogP contribution in [0, 0.1) is 5.41 Å². The number of nitrogens with zero attached hydrogens (tertiary/aromatic N) is 3. The van der Waals surface area contributed by atoms with E-state index in [1.54, 1.807) is 0 Å². The van der Waals surface area contributed by atoms with Gasteiger partial charge in [-0.25, -0.2) is 4.68 Å². The molecule has 0 amide bonds. The number of ketones is 1. The van der Waals surface area contributed by atoms with Crippen LogP contribution in [-0.2, 0) is 6.42 Å². The zero-order chi connectivity index (χ0) is 20.7. The maximum absolute atomic E-state index is 12.8. The molecule has 2 heterocycles. The van der Waals surface area contributed by atoms with Gasteiger partial charge in [-0.05, 0) is 43.2 Å². The molecular formula is C26H23N3O. The van der Waals surface area contributed by atoms with E-state index in [1.165, 1.54) is 0 Å². The molecule has 0 fully saturated rings. The number of hydrogen-bond donors (Lipinski definition) is 0. The van der Waals surface area contributed by atoms with Crippen molar-refractivity contribution in [3.8, 4) is 28.3 Å². The van der Waals surface area contributed by atoms with Gasteiger partial charge in [0.05, 0.1) is 28.5 Å². The lowest BCUT2D eigenvalue weighted by atomic mass is 9.75. The van der Waals surface area contributed by atoms with E-state index >= 15 is 0 Å². The Morgan fingerprint density at radius 1 is 0.867 bits per heavy atom. The molecule has 1 aliphatic rings. The predicted octanol–water partition coefficient (Wildman–Crippen LogP) is 5.76. The molecule has 0 spiro atoms. The molecule has 0 aliphatic heterocycles. The fourth-order valence-electron chi connectivity index (χ4n) is 4.03. The minimum Gasteiger partial charge on any atom is -0.294 e. The van der Waals surface area contributed by atoms with E-state index in [1.807, 2.05) is 79.2 Å². The molecule has 0 saturated heterocycles. The number of carbonyl (C=O) groups excluding carboxylic acids is 1. The third-order valence-corrected chi connectivity index (χ3v) is 5.86. The molecule has 30 heavy (non-hydrogen) atoms. The van der Waals surface area contributed by atoms with Crippen molar-refractivity contribution in [1.29, 1.82) is 0 Å². The normalized spacial score (nSPS) is 15.1. The van der Waals surface area contributed by atoms with Gasteiger partial charge in [-0.15, -0.1) is 0 Å². The van der Waals surface area contributed by atoms with E-state index < -0.39 is 0 Å². The van der Waals surface area contributed by atoms with E-state index in [2.05, 4.69) is 18.2 Å². The number of hydrogen-bond acceptors (Lipinski definition) is 3. The van der Waals surface area contributed by atoms with Gasteiger partial charge in [0.25, 0.3) is 0 Å². The summed E-state index contributed by atoms with van der Waals surface area (Å²) in [4.78, 5) is 17.7. The van der Waals surface area contributed by atoms with Gasteiger partial charge in [0.15, 0.2) is 5.78 Å². The minimum atomic E-state index is -0.317. The summed E-state index contributed by atoms with van der Waals surface area (Å²) in [5.41, 5.74) is 6.01. The van der Waals surface area contributed by atoms with E-state index in [0.717, 1.165) is 52.4 Å². The number of para-hydroxylation sites is 1. The summed E-state index contributed by atoms with van der Waals surface area (Å²) in [6, 6.07) is 26.2. The van der Waals surface area contributed by atoms with E-state index in [4.69, 9.17) is 10.1 Å². The Morgan fingerprint density at radius 3 is 2.30 bits per heavy atom. The second-order valence-corrected chi connectivity index (χ2v) is 8.43. The topological polar surface area (TPSA) is 47.8 Å². The molecule has 0 radical (unpaired) electrons. The Bertz CT molecular complexity index is 1220. The number of benzene rings is 2. The Balaban J connectivity index is 1.66. The molecule has 148 valence electrons. The quantitative estimate of drug-likeness (QED) is 0.445. The van der Waals surface area contributed by atoms with Crippen LogP contribution in [0.2, 0.25) is 0 Å². The number of aromatic nitrogens is 3. The lowest BCUT2D eigenvalue weighted by molar-refractivity contribution is 0.0809. The Hall–Kier alpha value is -3.53. The van der Waals surface area contributed by atoms with E-state index in [9.17, 15) is 4.79 Å². The monoisotopic (exact) mass is 393 g/mol. The van der Waals surface area contributed by atoms with Crippen molar-refractivity contribution >= 4 is 5.78 Å². The number of rotatable bonds is 3. The second-order valence-electron chi connectivity index (χ2n) is 8.43. The van der Waals surface area contributed by atoms with Crippen molar-refractivity contribution in [1.82, 2.24) is 14.8 Å². The highest BCUT2D eigenvalue weighted by atomic mass is 16.1. The minimum absolute atomic E-state index is 0.185. The molecule has 4 nitrogen and oxygen atoms in total. The van der Waals surface area contributed by atoms with Crippen molar-refractivity contribution in [3.05, 3.63) is 90.1 Å². The van der Waals surface area contributed by atoms with Crippen LogP contribution in [0.5, 0.6) is 0 Å².